The summed E-state index contributed by atoms with van der Waals surface area (Å²) < 4.78 is 6.87. The van der Waals surface area contributed by atoms with Gasteiger partial charge in [0.15, 0.2) is 0 Å². The second-order valence-electron chi connectivity index (χ2n) is 5.98. The molecule has 7 nitrogen and oxygen atoms in total. The lowest BCUT2D eigenvalue weighted by Crippen LogP contribution is -2.36. The summed E-state index contributed by atoms with van der Waals surface area (Å²) >= 11 is 0. The van der Waals surface area contributed by atoms with Gasteiger partial charge in [-0.15, -0.1) is 0 Å². The van der Waals surface area contributed by atoms with Crippen LogP contribution in [0.15, 0.2) is 53.3 Å². The number of amides is 2. The van der Waals surface area contributed by atoms with Crippen molar-refractivity contribution in [3.05, 3.63) is 71.4 Å². The number of benzene rings is 1. The predicted molar refractivity (Wildman–Crippen MR) is 92.7 cm³/mol. The average Bonchev–Trinajstić information content (AvgIpc) is 3.22. The molecule has 0 aliphatic carbocycles. The molecule has 0 saturated carbocycles. The molecule has 2 aromatic heterocycles. The zero-order chi connectivity index (χ0) is 17.6. The quantitative estimate of drug-likeness (QED) is 0.749. The summed E-state index contributed by atoms with van der Waals surface area (Å²) in [5.41, 5.74) is 2.87. The second-order valence-corrected chi connectivity index (χ2v) is 5.98. The van der Waals surface area contributed by atoms with Crippen LogP contribution >= 0.6 is 0 Å². The minimum atomic E-state index is -0.170. The third-order valence-corrected chi connectivity index (χ3v) is 3.74. The summed E-state index contributed by atoms with van der Waals surface area (Å²) in [6.45, 7) is 3.36. The van der Waals surface area contributed by atoms with Gasteiger partial charge in [0.25, 0.3) is 0 Å². The van der Waals surface area contributed by atoms with Crippen LogP contribution in [0.4, 0.5) is 4.79 Å². The molecule has 0 unspecified atom stereocenters. The molecule has 25 heavy (non-hydrogen) atoms. The Kier molecular flexibility index (Phi) is 5.13. The van der Waals surface area contributed by atoms with E-state index in [0.717, 1.165) is 17.0 Å². The second kappa shape index (κ2) is 7.65. The van der Waals surface area contributed by atoms with Gasteiger partial charge in [0.1, 0.15) is 11.5 Å². The van der Waals surface area contributed by atoms with E-state index in [1.54, 1.807) is 18.1 Å². The molecule has 1 aromatic carbocycles. The third-order valence-electron chi connectivity index (χ3n) is 3.74. The Morgan fingerprint density at radius 1 is 1.28 bits per heavy atom. The maximum absolute atomic E-state index is 12.2. The highest BCUT2D eigenvalue weighted by Crippen LogP contribution is 2.06. The summed E-state index contributed by atoms with van der Waals surface area (Å²) in [5, 5.41) is 11.1. The topological polar surface area (TPSA) is 76.2 Å². The first kappa shape index (κ1) is 16.8. The molecule has 130 valence electrons. The van der Waals surface area contributed by atoms with Gasteiger partial charge in [-0.25, -0.2) is 4.79 Å². The van der Waals surface area contributed by atoms with Crippen LogP contribution in [0.5, 0.6) is 0 Å². The van der Waals surface area contributed by atoms with Crippen LogP contribution in [-0.4, -0.2) is 32.9 Å². The maximum Gasteiger partial charge on any atom is 0.317 e. The van der Waals surface area contributed by atoms with Crippen molar-refractivity contribution >= 4 is 6.03 Å². The van der Waals surface area contributed by atoms with Crippen molar-refractivity contribution in [1.29, 1.82) is 0 Å². The van der Waals surface area contributed by atoms with E-state index < -0.39 is 0 Å². The molecule has 3 rings (SSSR count). The first-order chi connectivity index (χ1) is 12.1. The van der Waals surface area contributed by atoms with Crippen molar-refractivity contribution in [2.24, 2.45) is 0 Å². The average molecular weight is 339 g/mol. The Balaban J connectivity index is 1.49. The summed E-state index contributed by atoms with van der Waals surface area (Å²) in [6.07, 6.45) is 3.71. The molecule has 0 fully saturated rings. The van der Waals surface area contributed by atoms with E-state index in [2.05, 4.69) is 27.7 Å². The number of urea groups is 1. The van der Waals surface area contributed by atoms with Crippen molar-refractivity contribution in [1.82, 2.24) is 25.2 Å². The van der Waals surface area contributed by atoms with Gasteiger partial charge in [-0.05, 0) is 12.5 Å². The summed E-state index contributed by atoms with van der Waals surface area (Å²) in [5.74, 6) is 0.731. The smallest absolute Gasteiger partial charge is 0.317 e. The molecule has 0 aliphatic heterocycles. The van der Waals surface area contributed by atoms with E-state index in [1.807, 2.05) is 42.1 Å². The number of carbonyl (C=O) groups is 1. The lowest BCUT2D eigenvalue weighted by molar-refractivity contribution is 0.205. The molecule has 0 bridgehead atoms. The van der Waals surface area contributed by atoms with E-state index in [0.29, 0.717) is 19.6 Å². The molecule has 0 spiro atoms. The number of nitrogens with zero attached hydrogens (tertiary/aromatic N) is 4. The molecule has 0 saturated heterocycles. The minimum absolute atomic E-state index is 0.170. The zero-order valence-corrected chi connectivity index (χ0v) is 14.3. The predicted octanol–water partition coefficient (Wildman–Crippen LogP) is 2.57. The maximum atomic E-state index is 12.2. The van der Waals surface area contributed by atoms with Crippen molar-refractivity contribution in [2.45, 2.75) is 26.6 Å². The van der Waals surface area contributed by atoms with Gasteiger partial charge >= 0.3 is 6.03 Å². The summed E-state index contributed by atoms with van der Waals surface area (Å²) in [6, 6.07) is 11.8. The largest absolute Gasteiger partial charge is 0.361 e. The number of hydrogen-bond donors (Lipinski definition) is 1. The highest BCUT2D eigenvalue weighted by Gasteiger charge is 2.11. The van der Waals surface area contributed by atoms with Gasteiger partial charge < -0.3 is 14.7 Å². The molecule has 0 radical (unpaired) electrons. The Morgan fingerprint density at radius 2 is 2.08 bits per heavy atom. The molecule has 2 heterocycles. The third kappa shape index (κ3) is 4.69. The Hall–Kier alpha value is -3.09. The van der Waals surface area contributed by atoms with Crippen LogP contribution in [0.1, 0.15) is 22.6 Å². The minimum Gasteiger partial charge on any atom is -0.361 e. The van der Waals surface area contributed by atoms with Gasteiger partial charge in [0.2, 0.25) is 0 Å². The van der Waals surface area contributed by atoms with E-state index in [-0.39, 0.29) is 6.03 Å². The first-order valence-electron chi connectivity index (χ1n) is 8.06. The van der Waals surface area contributed by atoms with Crippen LogP contribution in [0.25, 0.3) is 0 Å². The fourth-order valence-corrected chi connectivity index (χ4v) is 2.47. The fraction of sp³-hybridized carbons (Fsp3) is 0.278. The Morgan fingerprint density at radius 3 is 2.80 bits per heavy atom. The fourth-order valence-electron chi connectivity index (χ4n) is 2.47. The summed E-state index contributed by atoms with van der Waals surface area (Å²) in [7, 11) is 1.72. The molecule has 0 atom stereocenters. The summed E-state index contributed by atoms with van der Waals surface area (Å²) in [4.78, 5) is 13.7. The standard InChI is InChI=1S/C18H21N5O2/c1-14-8-17(21-25-14)13-22(2)18(24)19-9-16-10-20-23(12-16)11-15-6-4-3-5-7-15/h3-8,10,12H,9,11,13H2,1-2H3,(H,19,24). The lowest BCUT2D eigenvalue weighted by atomic mass is 10.2. The Bertz CT molecular complexity index is 825. The molecule has 1 N–H and O–H groups in total. The number of rotatable bonds is 6. The number of aryl methyl sites for hydroxylation is 1. The van der Waals surface area contributed by atoms with Gasteiger partial charge in [-0.3, -0.25) is 4.68 Å². The monoisotopic (exact) mass is 339 g/mol. The Labute approximate surface area is 146 Å². The van der Waals surface area contributed by atoms with E-state index in [9.17, 15) is 4.79 Å². The number of nitrogens with one attached hydrogen (secondary N) is 1. The van der Waals surface area contributed by atoms with E-state index >= 15 is 0 Å². The lowest BCUT2D eigenvalue weighted by Gasteiger charge is -2.16. The van der Waals surface area contributed by atoms with Crippen LogP contribution in [0.3, 0.4) is 0 Å². The van der Waals surface area contributed by atoms with E-state index in [1.165, 1.54) is 5.56 Å². The van der Waals surface area contributed by atoms with Crippen molar-refractivity contribution in [3.63, 3.8) is 0 Å². The van der Waals surface area contributed by atoms with Crippen molar-refractivity contribution in [3.8, 4) is 0 Å². The molecular formula is C18H21N5O2. The van der Waals surface area contributed by atoms with Gasteiger partial charge in [-0.1, -0.05) is 35.5 Å². The van der Waals surface area contributed by atoms with Crippen molar-refractivity contribution in [2.75, 3.05) is 7.05 Å². The number of aromatic nitrogens is 3. The van der Waals surface area contributed by atoms with E-state index in [4.69, 9.17) is 4.52 Å². The van der Waals surface area contributed by atoms with Crippen molar-refractivity contribution < 1.29 is 9.32 Å². The van der Waals surface area contributed by atoms with Crippen LogP contribution in [-0.2, 0) is 19.6 Å². The van der Waals surface area contributed by atoms with Gasteiger partial charge in [-0.2, -0.15) is 5.10 Å². The van der Waals surface area contributed by atoms with Gasteiger partial charge in [0, 0.05) is 31.4 Å². The molecule has 3 aromatic rings. The normalized spacial score (nSPS) is 10.6. The highest BCUT2D eigenvalue weighted by molar-refractivity contribution is 5.73. The zero-order valence-electron chi connectivity index (χ0n) is 14.3. The number of hydrogen-bond acceptors (Lipinski definition) is 4. The molecule has 0 aliphatic rings. The highest BCUT2D eigenvalue weighted by atomic mass is 16.5. The SMILES string of the molecule is Cc1cc(CN(C)C(=O)NCc2cnn(Cc3ccccc3)c2)no1. The van der Waals surface area contributed by atoms with Gasteiger partial charge in [0.05, 0.1) is 19.3 Å². The number of carbonyl (C=O) groups excluding carboxylic acids is 1. The first-order valence-corrected chi connectivity index (χ1v) is 8.06. The van der Waals surface area contributed by atoms with Crippen LogP contribution in [0.2, 0.25) is 0 Å². The molecule has 7 heteroatoms. The van der Waals surface area contributed by atoms with Crippen LogP contribution in [0, 0.1) is 6.92 Å². The molecule has 2 amide bonds. The van der Waals surface area contributed by atoms with Crippen LogP contribution < -0.4 is 5.32 Å². The molecular weight excluding hydrogens is 318 g/mol.